The summed E-state index contributed by atoms with van der Waals surface area (Å²) in [4.78, 5) is 14.5. The second-order valence-corrected chi connectivity index (χ2v) is 8.26. The first-order valence-corrected chi connectivity index (χ1v) is 9.73. The fraction of sp³-hybridized carbons (Fsp3) is 0.500. The normalized spacial score (nSPS) is 26.6. The minimum Gasteiger partial charge on any atom is -0.472 e. The number of aryl methyl sites for hydroxylation is 1. The molecule has 0 unspecified atom stereocenters. The van der Waals surface area contributed by atoms with Gasteiger partial charge in [0.2, 0.25) is 5.91 Å². The number of amides is 1. The van der Waals surface area contributed by atoms with E-state index in [0.717, 1.165) is 37.9 Å². The molecule has 5 rings (SSSR count). The number of rotatable bonds is 2. The number of nitrogens with zero attached hydrogens (tertiary/aromatic N) is 1. The Kier molecular flexibility index (Phi) is 3.70. The minimum absolute atomic E-state index is 0.0626. The second kappa shape index (κ2) is 5.97. The van der Waals surface area contributed by atoms with E-state index in [4.69, 9.17) is 4.42 Å². The first-order valence-electron chi connectivity index (χ1n) is 9.73. The Morgan fingerprint density at radius 2 is 1.92 bits per heavy atom. The number of hydrogen-bond donors (Lipinski definition) is 0. The van der Waals surface area contributed by atoms with Crippen LogP contribution < -0.4 is 0 Å². The van der Waals surface area contributed by atoms with Crippen molar-refractivity contribution in [3.05, 3.63) is 47.9 Å². The molecule has 2 aromatic rings. The molecule has 0 N–H and O–H groups in total. The van der Waals surface area contributed by atoms with Crippen LogP contribution in [0.15, 0.2) is 41.2 Å². The Balaban J connectivity index is 1.31. The molecule has 1 saturated carbocycles. The quantitative estimate of drug-likeness (QED) is 0.796. The van der Waals surface area contributed by atoms with E-state index in [1.54, 1.807) is 12.5 Å². The topological polar surface area (TPSA) is 33.5 Å². The summed E-state index contributed by atoms with van der Waals surface area (Å²) >= 11 is 0. The number of furan rings is 1. The van der Waals surface area contributed by atoms with Gasteiger partial charge in [0.1, 0.15) is 6.17 Å². The van der Waals surface area contributed by atoms with Gasteiger partial charge in [-0.3, -0.25) is 4.79 Å². The molecule has 2 aliphatic carbocycles. The number of likely N-dealkylation sites (tertiary alicyclic amines) is 1. The van der Waals surface area contributed by atoms with E-state index in [-0.39, 0.29) is 17.2 Å². The lowest BCUT2D eigenvalue weighted by atomic mass is 9.73. The number of alkyl halides is 1. The van der Waals surface area contributed by atoms with Gasteiger partial charge in [-0.1, -0.05) is 18.2 Å². The largest absolute Gasteiger partial charge is 0.472 e. The Morgan fingerprint density at radius 1 is 1.12 bits per heavy atom. The van der Waals surface area contributed by atoms with Crippen LogP contribution in [0.25, 0.3) is 11.1 Å². The smallest absolute Gasteiger partial charge is 0.225 e. The van der Waals surface area contributed by atoms with Crippen molar-refractivity contribution in [3.63, 3.8) is 0 Å². The van der Waals surface area contributed by atoms with Crippen LogP contribution in [0.2, 0.25) is 0 Å². The Bertz CT molecular complexity index is 815. The fourth-order valence-corrected chi connectivity index (χ4v) is 5.12. The van der Waals surface area contributed by atoms with Gasteiger partial charge in [-0.15, -0.1) is 0 Å². The molecule has 1 aromatic carbocycles. The molecule has 3 aliphatic rings. The molecule has 1 spiro atoms. The molecule has 26 heavy (non-hydrogen) atoms. The zero-order chi connectivity index (χ0) is 17.7. The molecule has 0 atom stereocenters. The molecular formula is C22H24FNO2. The van der Waals surface area contributed by atoms with Gasteiger partial charge in [0.25, 0.3) is 0 Å². The second-order valence-electron chi connectivity index (χ2n) is 8.26. The van der Waals surface area contributed by atoms with Crippen molar-refractivity contribution >= 4 is 5.91 Å². The van der Waals surface area contributed by atoms with Crippen molar-refractivity contribution in [2.75, 3.05) is 13.1 Å². The first-order chi connectivity index (χ1) is 12.6. The summed E-state index contributed by atoms with van der Waals surface area (Å²) in [5.74, 6) is 0.120. The molecule has 2 heterocycles. The number of benzene rings is 1. The monoisotopic (exact) mass is 353 g/mol. The summed E-state index contributed by atoms with van der Waals surface area (Å²) in [6.07, 6.45) is 7.95. The van der Waals surface area contributed by atoms with E-state index in [9.17, 15) is 9.18 Å². The van der Waals surface area contributed by atoms with Gasteiger partial charge in [-0.05, 0) is 66.7 Å². The average molecular weight is 353 g/mol. The van der Waals surface area contributed by atoms with Crippen LogP contribution in [0, 0.1) is 5.92 Å². The molecule has 3 nitrogen and oxygen atoms in total. The highest BCUT2D eigenvalue weighted by Gasteiger charge is 2.44. The zero-order valence-electron chi connectivity index (χ0n) is 14.9. The van der Waals surface area contributed by atoms with Crippen LogP contribution >= 0.6 is 0 Å². The van der Waals surface area contributed by atoms with E-state index >= 15 is 0 Å². The highest BCUT2D eigenvalue weighted by Crippen LogP contribution is 2.47. The van der Waals surface area contributed by atoms with Crippen molar-refractivity contribution in [3.8, 4) is 11.1 Å². The van der Waals surface area contributed by atoms with Gasteiger partial charge in [0.05, 0.1) is 12.5 Å². The third-order valence-electron chi connectivity index (χ3n) is 6.87. The van der Waals surface area contributed by atoms with Crippen LogP contribution in [0.3, 0.4) is 0 Å². The highest BCUT2D eigenvalue weighted by molar-refractivity contribution is 5.80. The summed E-state index contributed by atoms with van der Waals surface area (Å²) < 4.78 is 18.3. The Morgan fingerprint density at radius 3 is 2.62 bits per heavy atom. The summed E-state index contributed by atoms with van der Waals surface area (Å²) in [6, 6.07) is 8.80. The summed E-state index contributed by atoms with van der Waals surface area (Å²) in [5, 5.41) is 0. The summed E-state index contributed by atoms with van der Waals surface area (Å²) in [5.41, 5.74) is 5.49. The van der Waals surface area contributed by atoms with Crippen LogP contribution in [0.4, 0.5) is 4.39 Å². The Labute approximate surface area is 153 Å². The van der Waals surface area contributed by atoms with Crippen molar-refractivity contribution in [2.45, 2.75) is 50.1 Å². The predicted molar refractivity (Wildman–Crippen MR) is 97.6 cm³/mol. The molecule has 1 amide bonds. The minimum atomic E-state index is -0.758. The van der Waals surface area contributed by atoms with Crippen LogP contribution in [0.5, 0.6) is 0 Å². The predicted octanol–water partition coefficient (Wildman–Crippen LogP) is 4.50. The molecule has 136 valence electrons. The van der Waals surface area contributed by atoms with Gasteiger partial charge in [-0.25, -0.2) is 4.39 Å². The molecule has 1 aromatic heterocycles. The van der Waals surface area contributed by atoms with Gasteiger partial charge >= 0.3 is 0 Å². The number of carbonyl (C=O) groups excluding carboxylic acids is 1. The number of hydrogen-bond acceptors (Lipinski definition) is 2. The van der Waals surface area contributed by atoms with E-state index in [0.29, 0.717) is 12.8 Å². The van der Waals surface area contributed by atoms with Crippen molar-refractivity contribution in [1.29, 1.82) is 0 Å². The van der Waals surface area contributed by atoms with E-state index in [1.165, 1.54) is 23.1 Å². The van der Waals surface area contributed by atoms with Crippen molar-refractivity contribution < 1.29 is 13.6 Å². The fourth-order valence-electron chi connectivity index (χ4n) is 5.12. The number of piperidine rings is 1. The third kappa shape index (κ3) is 2.50. The van der Waals surface area contributed by atoms with Crippen molar-refractivity contribution in [2.24, 2.45) is 5.92 Å². The lowest BCUT2D eigenvalue weighted by molar-refractivity contribution is -0.142. The number of fused-ring (bicyclic) bond motifs is 2. The molecule has 2 fully saturated rings. The zero-order valence-corrected chi connectivity index (χ0v) is 14.9. The molecule has 0 radical (unpaired) electrons. The SMILES string of the molecule is O=C(C1CC(F)C1)N1CCC2(CCc3cc(-c4ccoc4)ccc32)CC1. The van der Waals surface area contributed by atoms with Gasteiger partial charge in [-0.2, -0.15) is 0 Å². The maximum Gasteiger partial charge on any atom is 0.225 e. The van der Waals surface area contributed by atoms with Gasteiger partial charge < -0.3 is 9.32 Å². The first kappa shape index (κ1) is 16.1. The van der Waals surface area contributed by atoms with E-state index in [2.05, 4.69) is 18.2 Å². The lowest BCUT2D eigenvalue weighted by Crippen LogP contribution is -2.49. The van der Waals surface area contributed by atoms with Crippen LogP contribution in [-0.4, -0.2) is 30.1 Å². The number of halogens is 1. The maximum absolute atomic E-state index is 13.1. The van der Waals surface area contributed by atoms with Crippen LogP contribution in [0.1, 0.15) is 43.2 Å². The number of carbonyl (C=O) groups is 1. The van der Waals surface area contributed by atoms with Crippen LogP contribution in [-0.2, 0) is 16.6 Å². The summed E-state index contributed by atoms with van der Waals surface area (Å²) in [7, 11) is 0. The van der Waals surface area contributed by atoms with Gasteiger partial charge in [0, 0.05) is 24.6 Å². The van der Waals surface area contributed by atoms with Gasteiger partial charge in [0.15, 0.2) is 0 Å². The van der Waals surface area contributed by atoms with E-state index < -0.39 is 6.17 Å². The lowest BCUT2D eigenvalue weighted by Gasteiger charge is -2.42. The standard InChI is InChI=1S/C22H24FNO2/c23-19-12-18(13-19)21(25)24-8-6-22(7-9-24)5-3-16-11-15(1-2-20(16)22)17-4-10-26-14-17/h1-2,4,10-11,14,18-19H,3,5-9,12-13H2. The van der Waals surface area contributed by atoms with Crippen molar-refractivity contribution in [1.82, 2.24) is 4.90 Å². The highest BCUT2D eigenvalue weighted by atomic mass is 19.1. The third-order valence-corrected chi connectivity index (χ3v) is 6.87. The molecule has 0 bridgehead atoms. The van der Waals surface area contributed by atoms with E-state index in [1.807, 2.05) is 11.0 Å². The summed E-state index contributed by atoms with van der Waals surface area (Å²) in [6.45, 7) is 1.63. The molecule has 1 saturated heterocycles. The molecular weight excluding hydrogens is 329 g/mol. The molecule has 4 heteroatoms. The Hall–Kier alpha value is -2.10. The molecule has 1 aliphatic heterocycles. The average Bonchev–Trinajstić information content (AvgIpc) is 3.28. The maximum atomic E-state index is 13.1.